The van der Waals surface area contributed by atoms with Crippen molar-refractivity contribution in [1.29, 1.82) is 0 Å². The molecule has 3 aromatic rings. The van der Waals surface area contributed by atoms with E-state index in [1.54, 1.807) is 25.3 Å². The first-order chi connectivity index (χ1) is 13.5. The second-order valence-corrected chi connectivity index (χ2v) is 8.69. The number of ether oxygens (including phenoxy) is 1. The summed E-state index contributed by atoms with van der Waals surface area (Å²) in [7, 11) is 1.58. The van der Waals surface area contributed by atoms with Crippen LogP contribution in [-0.4, -0.2) is 40.6 Å². The molecule has 1 aromatic carbocycles. The van der Waals surface area contributed by atoms with E-state index >= 15 is 0 Å². The standard InChI is InChI=1S/C18H13N3O4S3/c1-25-10-4-5-12-13(7-10)27-17(19-12)20-15(22)9-21-16(23)14(28-18(21)24)8-11-3-2-6-26-11/h2-8H,9H2,1H3,(H,19,20,22). The van der Waals surface area contributed by atoms with Gasteiger partial charge in [0.1, 0.15) is 12.3 Å². The molecule has 1 aliphatic rings. The third kappa shape index (κ3) is 3.79. The molecule has 1 saturated heterocycles. The Morgan fingerprint density at radius 3 is 2.93 bits per heavy atom. The van der Waals surface area contributed by atoms with Gasteiger partial charge < -0.3 is 10.1 Å². The van der Waals surface area contributed by atoms with Crippen LogP contribution in [0.2, 0.25) is 0 Å². The van der Waals surface area contributed by atoms with Crippen molar-refractivity contribution in [3.05, 3.63) is 45.5 Å². The molecule has 0 radical (unpaired) electrons. The Labute approximate surface area is 172 Å². The van der Waals surface area contributed by atoms with Gasteiger partial charge in [-0.1, -0.05) is 17.4 Å². The van der Waals surface area contributed by atoms with Crippen LogP contribution in [0.25, 0.3) is 16.3 Å². The minimum Gasteiger partial charge on any atom is -0.497 e. The molecule has 1 N–H and O–H groups in total. The number of thiazole rings is 1. The number of benzene rings is 1. The first kappa shape index (κ1) is 18.7. The van der Waals surface area contributed by atoms with Gasteiger partial charge in [-0.15, -0.1) is 11.3 Å². The second kappa shape index (κ2) is 7.74. The van der Waals surface area contributed by atoms with Crippen molar-refractivity contribution in [1.82, 2.24) is 9.88 Å². The third-order valence-electron chi connectivity index (χ3n) is 3.83. The van der Waals surface area contributed by atoms with Crippen molar-refractivity contribution in [3.8, 4) is 5.75 Å². The zero-order valence-corrected chi connectivity index (χ0v) is 17.0. The van der Waals surface area contributed by atoms with Gasteiger partial charge in [-0.3, -0.25) is 19.3 Å². The highest BCUT2D eigenvalue weighted by molar-refractivity contribution is 8.18. The Hall–Kier alpha value is -2.69. The number of imide groups is 1. The van der Waals surface area contributed by atoms with Crippen LogP contribution in [0.4, 0.5) is 9.93 Å². The Morgan fingerprint density at radius 2 is 2.18 bits per heavy atom. The third-order valence-corrected chi connectivity index (χ3v) is 6.49. The van der Waals surface area contributed by atoms with Gasteiger partial charge in [0.15, 0.2) is 5.13 Å². The molecule has 28 heavy (non-hydrogen) atoms. The fraction of sp³-hybridized carbons (Fsp3) is 0.111. The molecule has 0 bridgehead atoms. The van der Waals surface area contributed by atoms with Crippen LogP contribution in [0.15, 0.2) is 40.6 Å². The predicted octanol–water partition coefficient (Wildman–Crippen LogP) is 4.04. The summed E-state index contributed by atoms with van der Waals surface area (Å²) in [4.78, 5) is 43.4. The number of carbonyl (C=O) groups is 3. The lowest BCUT2D eigenvalue weighted by Gasteiger charge is -2.11. The van der Waals surface area contributed by atoms with Gasteiger partial charge in [0.05, 0.1) is 22.2 Å². The van der Waals surface area contributed by atoms with E-state index in [1.807, 2.05) is 23.6 Å². The summed E-state index contributed by atoms with van der Waals surface area (Å²) in [6, 6.07) is 9.13. The number of amides is 3. The van der Waals surface area contributed by atoms with E-state index in [-0.39, 0.29) is 6.54 Å². The summed E-state index contributed by atoms with van der Waals surface area (Å²) >= 11 is 3.59. The van der Waals surface area contributed by atoms with Crippen molar-refractivity contribution in [2.24, 2.45) is 0 Å². The average Bonchev–Trinajstić information content (AvgIpc) is 3.38. The van der Waals surface area contributed by atoms with Gasteiger partial charge in [-0.05, 0) is 47.5 Å². The van der Waals surface area contributed by atoms with Crippen molar-refractivity contribution in [3.63, 3.8) is 0 Å². The summed E-state index contributed by atoms with van der Waals surface area (Å²) in [6.07, 6.45) is 1.66. The highest BCUT2D eigenvalue weighted by atomic mass is 32.2. The minimum atomic E-state index is -0.481. The van der Waals surface area contributed by atoms with E-state index in [9.17, 15) is 14.4 Å². The van der Waals surface area contributed by atoms with Gasteiger partial charge >= 0.3 is 0 Å². The Kier molecular flexibility index (Phi) is 5.16. The smallest absolute Gasteiger partial charge is 0.294 e. The maximum atomic E-state index is 12.5. The van der Waals surface area contributed by atoms with Crippen LogP contribution in [0.1, 0.15) is 4.88 Å². The molecule has 3 amide bonds. The zero-order valence-electron chi connectivity index (χ0n) is 14.5. The molecule has 0 saturated carbocycles. The number of methoxy groups -OCH3 is 1. The molecule has 1 fully saturated rings. The second-order valence-electron chi connectivity index (χ2n) is 5.68. The highest BCUT2D eigenvalue weighted by Gasteiger charge is 2.36. The fourth-order valence-corrected chi connectivity index (χ4v) is 5.00. The van der Waals surface area contributed by atoms with E-state index in [4.69, 9.17) is 4.74 Å². The van der Waals surface area contributed by atoms with Crippen molar-refractivity contribution in [2.45, 2.75) is 0 Å². The van der Waals surface area contributed by atoms with Gasteiger partial charge in [-0.25, -0.2) is 4.98 Å². The van der Waals surface area contributed by atoms with Crippen molar-refractivity contribution < 1.29 is 19.1 Å². The summed E-state index contributed by atoms with van der Waals surface area (Å²) in [5.74, 6) is -0.248. The number of aromatic nitrogens is 1. The number of rotatable bonds is 5. The van der Waals surface area contributed by atoms with E-state index in [2.05, 4.69) is 10.3 Å². The number of carbonyl (C=O) groups excluding carboxylic acids is 3. The zero-order chi connectivity index (χ0) is 19.7. The number of hydrogen-bond acceptors (Lipinski definition) is 8. The van der Waals surface area contributed by atoms with Crippen molar-refractivity contribution >= 4 is 72.9 Å². The summed E-state index contributed by atoms with van der Waals surface area (Å²) in [6.45, 7) is -0.355. The number of anilines is 1. The van der Waals surface area contributed by atoms with Crippen LogP contribution in [0.5, 0.6) is 5.75 Å². The number of hydrogen-bond donors (Lipinski definition) is 1. The monoisotopic (exact) mass is 431 g/mol. The van der Waals surface area contributed by atoms with Crippen LogP contribution in [-0.2, 0) is 9.59 Å². The quantitative estimate of drug-likeness (QED) is 0.614. The van der Waals surface area contributed by atoms with Crippen LogP contribution >= 0.6 is 34.4 Å². The molecule has 2 aromatic heterocycles. The van der Waals surface area contributed by atoms with E-state index in [0.29, 0.717) is 15.8 Å². The topological polar surface area (TPSA) is 88.6 Å². The maximum Gasteiger partial charge on any atom is 0.294 e. The molecule has 10 heteroatoms. The Balaban J connectivity index is 1.45. The highest BCUT2D eigenvalue weighted by Crippen LogP contribution is 2.33. The molecule has 7 nitrogen and oxygen atoms in total. The first-order valence-corrected chi connectivity index (χ1v) is 10.6. The van der Waals surface area contributed by atoms with Crippen LogP contribution < -0.4 is 10.1 Å². The molecule has 0 atom stereocenters. The van der Waals surface area contributed by atoms with Gasteiger partial charge in [0.2, 0.25) is 5.91 Å². The largest absolute Gasteiger partial charge is 0.497 e. The molecule has 0 aliphatic carbocycles. The van der Waals surface area contributed by atoms with E-state index in [0.717, 1.165) is 31.8 Å². The number of fused-ring (bicyclic) bond motifs is 1. The molecule has 0 spiro atoms. The molecular formula is C18H13N3O4S3. The molecule has 0 unspecified atom stereocenters. The van der Waals surface area contributed by atoms with Gasteiger partial charge in [0, 0.05) is 4.88 Å². The first-order valence-electron chi connectivity index (χ1n) is 8.07. The van der Waals surface area contributed by atoms with Crippen LogP contribution in [0.3, 0.4) is 0 Å². The Bertz CT molecular complexity index is 1100. The van der Waals surface area contributed by atoms with Crippen LogP contribution in [0, 0.1) is 0 Å². The number of nitrogens with one attached hydrogen (secondary N) is 1. The SMILES string of the molecule is COc1ccc2nc(NC(=O)CN3C(=O)SC(=Cc4cccs4)C3=O)sc2c1. The lowest BCUT2D eigenvalue weighted by atomic mass is 10.3. The van der Waals surface area contributed by atoms with E-state index < -0.39 is 17.1 Å². The summed E-state index contributed by atoms with van der Waals surface area (Å²) in [5, 5.41) is 4.47. The van der Waals surface area contributed by atoms with Gasteiger partial charge in [-0.2, -0.15) is 0 Å². The molecule has 1 aliphatic heterocycles. The number of thiophene rings is 1. The normalized spacial score (nSPS) is 15.6. The van der Waals surface area contributed by atoms with E-state index in [1.165, 1.54) is 22.7 Å². The number of nitrogens with zero attached hydrogens (tertiary/aromatic N) is 2. The lowest BCUT2D eigenvalue weighted by molar-refractivity contribution is -0.127. The van der Waals surface area contributed by atoms with Gasteiger partial charge in [0.25, 0.3) is 11.1 Å². The molecule has 4 rings (SSSR count). The minimum absolute atomic E-state index is 0.312. The summed E-state index contributed by atoms with van der Waals surface area (Å²) < 4.78 is 6.04. The van der Waals surface area contributed by atoms with Crippen molar-refractivity contribution in [2.75, 3.05) is 19.0 Å². The average molecular weight is 432 g/mol. The number of thioether (sulfide) groups is 1. The molecule has 3 heterocycles. The molecule has 142 valence electrons. The predicted molar refractivity (Wildman–Crippen MR) is 112 cm³/mol. The summed E-state index contributed by atoms with van der Waals surface area (Å²) in [5.41, 5.74) is 0.728. The fourth-order valence-electron chi connectivity index (χ4n) is 2.53. The lowest BCUT2D eigenvalue weighted by Crippen LogP contribution is -2.36. The Morgan fingerprint density at radius 1 is 1.32 bits per heavy atom. The molecular weight excluding hydrogens is 418 g/mol. The maximum absolute atomic E-state index is 12.5.